The molecule has 0 atom stereocenters. The Morgan fingerprint density at radius 3 is 2.86 bits per heavy atom. The number of rotatable bonds is 3. The maximum atomic E-state index is 11.3. The number of anilines is 1. The average Bonchev–Trinajstić information content (AvgIpc) is 2.18. The zero-order chi connectivity index (χ0) is 10.6. The Morgan fingerprint density at radius 2 is 2.29 bits per heavy atom. The molecule has 0 bridgehead atoms. The SMILES string of the molecule is C=C(C)C(=O)Nc1cccc(SN)c1. The lowest BCUT2D eigenvalue weighted by Gasteiger charge is -2.05. The summed E-state index contributed by atoms with van der Waals surface area (Å²) in [5, 5.41) is 8.10. The Hall–Kier alpha value is -1.26. The van der Waals surface area contributed by atoms with Crippen LogP contribution in [0.15, 0.2) is 41.3 Å². The zero-order valence-corrected chi connectivity index (χ0v) is 8.73. The lowest BCUT2D eigenvalue weighted by Crippen LogP contribution is -2.11. The van der Waals surface area contributed by atoms with E-state index < -0.39 is 0 Å². The number of hydrogen-bond donors (Lipinski definition) is 2. The highest BCUT2D eigenvalue weighted by atomic mass is 32.2. The van der Waals surface area contributed by atoms with Crippen LogP contribution in [0.3, 0.4) is 0 Å². The van der Waals surface area contributed by atoms with Crippen molar-refractivity contribution in [3.63, 3.8) is 0 Å². The predicted octanol–water partition coefficient (Wildman–Crippen LogP) is 2.17. The van der Waals surface area contributed by atoms with Crippen molar-refractivity contribution in [2.24, 2.45) is 5.14 Å². The van der Waals surface area contributed by atoms with E-state index in [0.29, 0.717) is 5.57 Å². The van der Waals surface area contributed by atoms with Crippen LogP contribution in [0.25, 0.3) is 0 Å². The van der Waals surface area contributed by atoms with Crippen molar-refractivity contribution in [1.82, 2.24) is 0 Å². The molecule has 3 N–H and O–H groups in total. The molecule has 14 heavy (non-hydrogen) atoms. The molecule has 0 saturated carbocycles. The number of nitrogens with one attached hydrogen (secondary N) is 1. The first-order valence-corrected chi connectivity index (χ1v) is 4.95. The van der Waals surface area contributed by atoms with Gasteiger partial charge in [-0.3, -0.25) is 9.93 Å². The van der Waals surface area contributed by atoms with E-state index in [1.54, 1.807) is 13.0 Å². The monoisotopic (exact) mass is 208 g/mol. The van der Waals surface area contributed by atoms with Crippen LogP contribution in [-0.2, 0) is 4.79 Å². The number of amides is 1. The van der Waals surface area contributed by atoms with Crippen LogP contribution in [0.2, 0.25) is 0 Å². The molecule has 74 valence electrons. The summed E-state index contributed by atoms with van der Waals surface area (Å²) >= 11 is 1.14. The van der Waals surface area contributed by atoms with E-state index in [0.717, 1.165) is 22.5 Å². The van der Waals surface area contributed by atoms with Crippen molar-refractivity contribution in [2.45, 2.75) is 11.8 Å². The molecule has 0 radical (unpaired) electrons. The van der Waals surface area contributed by atoms with Crippen LogP contribution in [0.4, 0.5) is 5.69 Å². The van der Waals surface area contributed by atoms with Gasteiger partial charge in [0.05, 0.1) is 0 Å². The molecular formula is C10H12N2OS. The summed E-state index contributed by atoms with van der Waals surface area (Å²) in [4.78, 5) is 12.2. The van der Waals surface area contributed by atoms with Crippen LogP contribution in [0.5, 0.6) is 0 Å². The second-order valence-electron chi connectivity index (χ2n) is 2.88. The number of benzene rings is 1. The van der Waals surface area contributed by atoms with Crippen molar-refractivity contribution in [3.05, 3.63) is 36.4 Å². The lowest BCUT2D eigenvalue weighted by atomic mass is 10.3. The molecule has 0 aliphatic heterocycles. The van der Waals surface area contributed by atoms with Gasteiger partial charge in [-0.2, -0.15) is 0 Å². The molecule has 4 heteroatoms. The molecule has 0 heterocycles. The fourth-order valence-electron chi connectivity index (χ4n) is 0.885. The maximum absolute atomic E-state index is 11.3. The number of nitrogens with two attached hydrogens (primary N) is 1. The van der Waals surface area contributed by atoms with Crippen LogP contribution < -0.4 is 10.5 Å². The Kier molecular flexibility index (Phi) is 3.73. The first kappa shape index (κ1) is 10.8. The van der Waals surface area contributed by atoms with Crippen LogP contribution in [-0.4, -0.2) is 5.91 Å². The van der Waals surface area contributed by atoms with E-state index in [4.69, 9.17) is 5.14 Å². The number of carbonyl (C=O) groups is 1. The van der Waals surface area contributed by atoms with Gasteiger partial charge in [-0.1, -0.05) is 12.6 Å². The Balaban J connectivity index is 2.76. The quantitative estimate of drug-likeness (QED) is 0.591. The number of carbonyl (C=O) groups excluding carboxylic acids is 1. The van der Waals surface area contributed by atoms with E-state index in [9.17, 15) is 4.79 Å². The van der Waals surface area contributed by atoms with E-state index in [1.165, 1.54) is 0 Å². The molecule has 0 fully saturated rings. The van der Waals surface area contributed by atoms with Gasteiger partial charge in [0, 0.05) is 16.2 Å². The summed E-state index contributed by atoms with van der Waals surface area (Å²) < 4.78 is 0. The van der Waals surface area contributed by atoms with E-state index >= 15 is 0 Å². The van der Waals surface area contributed by atoms with Gasteiger partial charge in [-0.25, -0.2) is 0 Å². The highest BCUT2D eigenvalue weighted by Gasteiger charge is 2.02. The molecule has 0 unspecified atom stereocenters. The van der Waals surface area contributed by atoms with Gasteiger partial charge in [0.2, 0.25) is 0 Å². The minimum Gasteiger partial charge on any atom is -0.322 e. The predicted molar refractivity (Wildman–Crippen MR) is 59.9 cm³/mol. The molecule has 0 aromatic heterocycles. The minimum atomic E-state index is -0.177. The molecular weight excluding hydrogens is 196 g/mol. The van der Waals surface area contributed by atoms with Crippen molar-refractivity contribution in [1.29, 1.82) is 0 Å². The normalized spacial score (nSPS) is 9.57. The summed E-state index contributed by atoms with van der Waals surface area (Å²) in [6.45, 7) is 5.22. The molecule has 1 rings (SSSR count). The molecule has 1 amide bonds. The molecule has 1 aromatic rings. The Labute approximate surface area is 87.5 Å². The molecule has 3 nitrogen and oxygen atoms in total. The van der Waals surface area contributed by atoms with Crippen molar-refractivity contribution in [2.75, 3.05) is 5.32 Å². The van der Waals surface area contributed by atoms with Gasteiger partial charge >= 0.3 is 0 Å². The molecule has 1 aromatic carbocycles. The van der Waals surface area contributed by atoms with Crippen molar-refractivity contribution in [3.8, 4) is 0 Å². The third-order valence-electron chi connectivity index (χ3n) is 1.62. The average molecular weight is 208 g/mol. The fraction of sp³-hybridized carbons (Fsp3) is 0.100. The standard InChI is InChI=1S/C10H12N2OS/c1-7(2)10(13)12-8-4-3-5-9(6-8)14-11/h3-6H,1,11H2,2H3,(H,12,13). The summed E-state index contributed by atoms with van der Waals surface area (Å²) in [6.07, 6.45) is 0. The van der Waals surface area contributed by atoms with Gasteiger partial charge in [0.25, 0.3) is 5.91 Å². The Morgan fingerprint density at radius 1 is 1.57 bits per heavy atom. The second kappa shape index (κ2) is 4.83. The van der Waals surface area contributed by atoms with E-state index in [2.05, 4.69) is 11.9 Å². The first-order valence-electron chi connectivity index (χ1n) is 4.07. The topological polar surface area (TPSA) is 55.1 Å². The van der Waals surface area contributed by atoms with E-state index in [-0.39, 0.29) is 5.91 Å². The molecule has 0 spiro atoms. The summed E-state index contributed by atoms with van der Waals surface area (Å²) in [5.41, 5.74) is 1.21. The fourth-order valence-corrected chi connectivity index (χ4v) is 1.24. The van der Waals surface area contributed by atoms with E-state index in [1.807, 2.05) is 18.2 Å². The van der Waals surface area contributed by atoms with Crippen molar-refractivity contribution >= 4 is 23.5 Å². The van der Waals surface area contributed by atoms with Gasteiger partial charge in [0.1, 0.15) is 0 Å². The molecule has 0 saturated heterocycles. The summed E-state index contributed by atoms with van der Waals surface area (Å²) in [7, 11) is 0. The summed E-state index contributed by atoms with van der Waals surface area (Å²) in [6, 6.07) is 7.33. The lowest BCUT2D eigenvalue weighted by molar-refractivity contribution is -0.112. The smallest absolute Gasteiger partial charge is 0.250 e. The highest BCUT2D eigenvalue weighted by Crippen LogP contribution is 2.17. The van der Waals surface area contributed by atoms with Crippen molar-refractivity contribution < 1.29 is 4.79 Å². The summed E-state index contributed by atoms with van der Waals surface area (Å²) in [5.74, 6) is -0.177. The molecule has 0 aliphatic rings. The number of hydrogen-bond acceptors (Lipinski definition) is 3. The van der Waals surface area contributed by atoms with Gasteiger partial charge in [-0.05, 0) is 37.1 Å². The minimum absolute atomic E-state index is 0.177. The Bertz CT molecular complexity index is 363. The highest BCUT2D eigenvalue weighted by molar-refractivity contribution is 7.97. The third kappa shape index (κ3) is 2.90. The van der Waals surface area contributed by atoms with Crippen LogP contribution in [0, 0.1) is 0 Å². The molecule has 0 aliphatic carbocycles. The van der Waals surface area contributed by atoms with Crippen LogP contribution >= 0.6 is 11.9 Å². The third-order valence-corrected chi connectivity index (χ3v) is 2.14. The van der Waals surface area contributed by atoms with Gasteiger partial charge < -0.3 is 5.32 Å². The van der Waals surface area contributed by atoms with Gasteiger partial charge in [0.15, 0.2) is 0 Å². The first-order chi connectivity index (χ1) is 6.63. The van der Waals surface area contributed by atoms with Crippen LogP contribution in [0.1, 0.15) is 6.92 Å². The van der Waals surface area contributed by atoms with Gasteiger partial charge in [-0.15, -0.1) is 0 Å². The largest absolute Gasteiger partial charge is 0.322 e. The maximum Gasteiger partial charge on any atom is 0.250 e. The zero-order valence-electron chi connectivity index (χ0n) is 7.91. The second-order valence-corrected chi connectivity index (χ2v) is 3.59.